The normalized spacial score (nSPS) is 17.2. The Balaban J connectivity index is 1.29. The van der Waals surface area contributed by atoms with Crippen LogP contribution in [0.4, 0.5) is 4.39 Å². The molecule has 3 aromatic carbocycles. The first kappa shape index (κ1) is 25.9. The third-order valence-electron chi connectivity index (χ3n) is 7.95. The van der Waals surface area contributed by atoms with Gasteiger partial charge in [-0.25, -0.2) is 9.37 Å². The molecule has 0 radical (unpaired) electrons. The van der Waals surface area contributed by atoms with Gasteiger partial charge in [-0.05, 0) is 78.3 Å². The second-order valence-electron chi connectivity index (χ2n) is 10.5. The topological polar surface area (TPSA) is 77.9 Å². The largest absolute Gasteiger partial charge is 0.493 e. The molecular formula is C33H30FNO5. The molecule has 0 bridgehead atoms. The summed E-state index contributed by atoms with van der Waals surface area (Å²) in [5, 5.41) is 9.55. The summed E-state index contributed by atoms with van der Waals surface area (Å²) in [6.07, 6.45) is 2.88. The molecule has 2 atom stereocenters. The summed E-state index contributed by atoms with van der Waals surface area (Å²) in [4.78, 5) is 15.7. The van der Waals surface area contributed by atoms with E-state index >= 15 is 4.39 Å². The van der Waals surface area contributed by atoms with Gasteiger partial charge in [-0.1, -0.05) is 24.3 Å². The minimum Gasteiger partial charge on any atom is -0.493 e. The lowest BCUT2D eigenvalue weighted by atomic mass is 9.88. The van der Waals surface area contributed by atoms with Crippen LogP contribution in [0.15, 0.2) is 60.8 Å². The first-order chi connectivity index (χ1) is 19.3. The number of pyridine rings is 1. The molecular weight excluding hydrogens is 509 g/mol. The van der Waals surface area contributed by atoms with Crippen molar-refractivity contribution in [2.45, 2.75) is 45.1 Å². The highest BCUT2D eigenvalue weighted by Crippen LogP contribution is 2.45. The Bertz CT molecular complexity index is 1590. The smallest absolute Gasteiger partial charge is 0.306 e. The van der Waals surface area contributed by atoms with E-state index in [2.05, 4.69) is 31.0 Å². The van der Waals surface area contributed by atoms with E-state index in [0.29, 0.717) is 36.5 Å². The molecule has 6 rings (SSSR count). The number of ether oxygens (including phenoxy) is 3. The Morgan fingerprint density at radius 2 is 1.88 bits per heavy atom. The van der Waals surface area contributed by atoms with Gasteiger partial charge in [0.25, 0.3) is 0 Å². The number of aromatic nitrogens is 1. The number of carbonyl (C=O) groups is 1. The van der Waals surface area contributed by atoms with Crippen molar-refractivity contribution in [1.82, 2.24) is 4.98 Å². The van der Waals surface area contributed by atoms with E-state index in [-0.39, 0.29) is 30.0 Å². The fourth-order valence-corrected chi connectivity index (χ4v) is 6.09. The van der Waals surface area contributed by atoms with E-state index < -0.39 is 6.10 Å². The van der Waals surface area contributed by atoms with Gasteiger partial charge >= 0.3 is 5.97 Å². The molecule has 1 aliphatic heterocycles. The predicted molar refractivity (Wildman–Crippen MR) is 149 cm³/mol. The van der Waals surface area contributed by atoms with E-state index in [1.165, 1.54) is 13.2 Å². The second kappa shape index (κ2) is 10.3. The summed E-state index contributed by atoms with van der Waals surface area (Å²) >= 11 is 0. The Morgan fingerprint density at radius 3 is 2.60 bits per heavy atom. The zero-order chi connectivity index (χ0) is 28.0. The van der Waals surface area contributed by atoms with Gasteiger partial charge in [0, 0.05) is 40.9 Å². The van der Waals surface area contributed by atoms with Crippen LogP contribution < -0.4 is 9.47 Å². The molecule has 1 N–H and O–H groups in total. The number of esters is 1. The molecule has 2 aliphatic rings. The van der Waals surface area contributed by atoms with Gasteiger partial charge in [0.2, 0.25) is 5.88 Å². The molecule has 0 fully saturated rings. The summed E-state index contributed by atoms with van der Waals surface area (Å²) in [5.74, 6) is 0.704. The van der Waals surface area contributed by atoms with Gasteiger partial charge in [0.05, 0.1) is 20.1 Å². The highest BCUT2D eigenvalue weighted by molar-refractivity contribution is 5.79. The van der Waals surface area contributed by atoms with Crippen LogP contribution in [0.25, 0.3) is 22.3 Å². The van der Waals surface area contributed by atoms with Gasteiger partial charge in [-0.15, -0.1) is 0 Å². The number of carbonyl (C=O) groups excluding carboxylic acids is 1. The molecule has 0 saturated carbocycles. The number of benzene rings is 3. The SMILES string of the molecule is COC(=O)C[C@@H]1COc2cc(O[C@@H]3CCc4c(-c5c(C)cc(-c6ccc(O)nc6)cc5C)ccc(F)c43)ccc21. The van der Waals surface area contributed by atoms with Gasteiger partial charge in [-0.3, -0.25) is 4.79 Å². The van der Waals surface area contributed by atoms with Crippen LogP contribution in [0.3, 0.4) is 0 Å². The maximum atomic E-state index is 15.3. The molecule has 2 heterocycles. The molecule has 40 heavy (non-hydrogen) atoms. The van der Waals surface area contributed by atoms with Gasteiger partial charge in [0.1, 0.15) is 23.4 Å². The molecule has 204 valence electrons. The Hall–Kier alpha value is -4.39. The first-order valence-electron chi connectivity index (χ1n) is 13.4. The monoisotopic (exact) mass is 539 g/mol. The van der Waals surface area contributed by atoms with Crippen molar-refractivity contribution in [3.63, 3.8) is 0 Å². The molecule has 0 amide bonds. The molecule has 1 aliphatic carbocycles. The van der Waals surface area contributed by atoms with Crippen molar-refractivity contribution in [2.75, 3.05) is 13.7 Å². The Labute approximate surface area is 232 Å². The quantitative estimate of drug-likeness (QED) is 0.266. The molecule has 4 aromatic rings. The lowest BCUT2D eigenvalue weighted by molar-refractivity contribution is -0.141. The molecule has 7 heteroatoms. The maximum absolute atomic E-state index is 15.3. The standard InChI is InChI=1S/C33H30FNO5/c1-18-12-21(20-4-11-30(36)35-16-20)13-19(2)32(18)25-7-9-27(34)33-26(25)8-10-28(33)40-23-5-6-24-22(14-31(37)38-3)17-39-29(24)15-23/h4-7,9,11-13,15-16,22,28H,8,10,14,17H2,1-3H3,(H,35,36)/t22-,28-/m1/s1. The van der Waals surface area contributed by atoms with Crippen molar-refractivity contribution in [1.29, 1.82) is 0 Å². The second-order valence-corrected chi connectivity index (χ2v) is 10.5. The van der Waals surface area contributed by atoms with Gasteiger partial charge < -0.3 is 19.3 Å². The average Bonchev–Trinajstić information content (AvgIpc) is 3.54. The van der Waals surface area contributed by atoms with Crippen molar-refractivity contribution < 1.29 is 28.5 Å². The number of hydrogen-bond acceptors (Lipinski definition) is 6. The molecule has 0 unspecified atom stereocenters. The highest BCUT2D eigenvalue weighted by Gasteiger charge is 2.32. The number of fused-ring (bicyclic) bond motifs is 2. The van der Waals surface area contributed by atoms with Crippen LogP contribution >= 0.6 is 0 Å². The third kappa shape index (κ3) is 4.66. The van der Waals surface area contributed by atoms with Gasteiger partial charge in [0.15, 0.2) is 0 Å². The number of rotatable bonds is 6. The fraction of sp³-hybridized carbons (Fsp3) is 0.273. The Kier molecular flexibility index (Phi) is 6.66. The number of aromatic hydroxyl groups is 1. The van der Waals surface area contributed by atoms with E-state index in [4.69, 9.17) is 14.2 Å². The minimum absolute atomic E-state index is 0.0114. The first-order valence-corrected chi connectivity index (χ1v) is 13.4. The number of aryl methyl sites for hydroxylation is 2. The van der Waals surface area contributed by atoms with Crippen LogP contribution in [0.1, 0.15) is 52.7 Å². The summed E-state index contributed by atoms with van der Waals surface area (Å²) in [7, 11) is 1.38. The number of hydrogen-bond donors (Lipinski definition) is 1. The van der Waals surface area contributed by atoms with Gasteiger partial charge in [-0.2, -0.15) is 0 Å². The van der Waals surface area contributed by atoms with Crippen LogP contribution in [-0.2, 0) is 16.0 Å². The van der Waals surface area contributed by atoms with Crippen molar-refractivity contribution in [3.05, 3.63) is 94.4 Å². The number of halogens is 1. The van der Waals surface area contributed by atoms with E-state index in [0.717, 1.165) is 44.5 Å². The lowest BCUT2D eigenvalue weighted by Gasteiger charge is -2.19. The summed E-state index contributed by atoms with van der Waals surface area (Å²) < 4.78 is 32.3. The zero-order valence-corrected chi connectivity index (χ0v) is 22.7. The average molecular weight is 540 g/mol. The third-order valence-corrected chi connectivity index (χ3v) is 7.95. The highest BCUT2D eigenvalue weighted by atomic mass is 19.1. The van der Waals surface area contributed by atoms with Crippen LogP contribution in [-0.4, -0.2) is 29.8 Å². The van der Waals surface area contributed by atoms with E-state index in [1.54, 1.807) is 12.3 Å². The minimum atomic E-state index is -0.414. The van der Waals surface area contributed by atoms with Crippen LogP contribution in [0.2, 0.25) is 0 Å². The van der Waals surface area contributed by atoms with Crippen LogP contribution in [0, 0.1) is 19.7 Å². The van der Waals surface area contributed by atoms with Crippen molar-refractivity contribution >= 4 is 5.97 Å². The van der Waals surface area contributed by atoms with E-state index in [1.807, 2.05) is 30.3 Å². The predicted octanol–water partition coefficient (Wildman–Crippen LogP) is 6.98. The van der Waals surface area contributed by atoms with Crippen molar-refractivity contribution in [3.8, 4) is 39.6 Å². The number of methoxy groups -OCH3 is 1. The molecule has 6 nitrogen and oxygen atoms in total. The summed E-state index contributed by atoms with van der Waals surface area (Å²) in [5.41, 5.74) is 8.75. The van der Waals surface area contributed by atoms with Crippen LogP contribution in [0.5, 0.6) is 17.4 Å². The van der Waals surface area contributed by atoms with Crippen molar-refractivity contribution in [2.24, 2.45) is 0 Å². The fourth-order valence-electron chi connectivity index (χ4n) is 6.09. The summed E-state index contributed by atoms with van der Waals surface area (Å²) in [6, 6.07) is 16.7. The molecule has 0 saturated heterocycles. The Morgan fingerprint density at radius 1 is 1.07 bits per heavy atom. The molecule has 1 aromatic heterocycles. The van der Waals surface area contributed by atoms with E-state index in [9.17, 15) is 9.90 Å². The lowest BCUT2D eigenvalue weighted by Crippen LogP contribution is -2.09. The summed E-state index contributed by atoms with van der Waals surface area (Å²) in [6.45, 7) is 4.55. The zero-order valence-electron chi connectivity index (χ0n) is 22.7. The number of nitrogens with zero attached hydrogens (tertiary/aromatic N) is 1. The molecule has 0 spiro atoms. The maximum Gasteiger partial charge on any atom is 0.306 e.